The highest BCUT2D eigenvalue weighted by Crippen LogP contribution is 2.32. The first kappa shape index (κ1) is 20.6. The molecule has 0 bridgehead atoms. The molecule has 1 aliphatic rings. The number of ether oxygens (including phenoxy) is 1. The van der Waals surface area contributed by atoms with Gasteiger partial charge < -0.3 is 9.64 Å². The fourth-order valence-electron chi connectivity index (χ4n) is 2.85. The number of benzene rings is 2. The third-order valence-electron chi connectivity index (χ3n) is 4.40. The molecule has 1 N–H and O–H groups in total. The van der Waals surface area contributed by atoms with E-state index in [0.29, 0.717) is 32.0 Å². The standard InChI is InChI=1S/C18H23N3O5S2/c1-20(2)28(24,25)16-8-9-18(21-10-12-26-13-11-21)17(14-16)19-27(22,23)15-6-4-3-5-7-15/h3-9,14,19H,10-13H2,1-2H3. The first-order chi connectivity index (χ1) is 13.2. The van der Waals surface area contributed by atoms with Gasteiger partial charge in [0, 0.05) is 27.2 Å². The first-order valence-electron chi connectivity index (χ1n) is 8.69. The summed E-state index contributed by atoms with van der Waals surface area (Å²) in [6.07, 6.45) is 0. The minimum absolute atomic E-state index is 0.0141. The van der Waals surface area contributed by atoms with Crippen LogP contribution in [0.3, 0.4) is 0 Å². The Hall–Kier alpha value is -2.14. The van der Waals surface area contributed by atoms with Gasteiger partial charge in [-0.2, -0.15) is 0 Å². The lowest BCUT2D eigenvalue weighted by atomic mass is 10.2. The van der Waals surface area contributed by atoms with E-state index in [-0.39, 0.29) is 15.5 Å². The maximum absolute atomic E-state index is 12.8. The van der Waals surface area contributed by atoms with E-state index in [1.165, 1.54) is 38.4 Å². The van der Waals surface area contributed by atoms with Crippen LogP contribution in [-0.4, -0.2) is 61.5 Å². The topological polar surface area (TPSA) is 96.0 Å². The van der Waals surface area contributed by atoms with Crippen LogP contribution in [0.15, 0.2) is 58.3 Å². The smallest absolute Gasteiger partial charge is 0.261 e. The molecule has 2 aromatic rings. The SMILES string of the molecule is CN(C)S(=O)(=O)c1ccc(N2CCOCC2)c(NS(=O)(=O)c2ccccc2)c1. The predicted octanol–water partition coefficient (Wildman–Crippen LogP) is 1.57. The van der Waals surface area contributed by atoms with E-state index in [0.717, 1.165) is 4.31 Å². The van der Waals surface area contributed by atoms with Crippen molar-refractivity contribution < 1.29 is 21.6 Å². The molecule has 0 aliphatic carbocycles. The van der Waals surface area contributed by atoms with Crippen LogP contribution in [0.2, 0.25) is 0 Å². The first-order valence-corrected chi connectivity index (χ1v) is 11.6. The summed E-state index contributed by atoms with van der Waals surface area (Å²) in [6, 6.07) is 12.4. The maximum atomic E-state index is 12.8. The van der Waals surface area contributed by atoms with Crippen molar-refractivity contribution in [2.75, 3.05) is 50.0 Å². The lowest BCUT2D eigenvalue weighted by Gasteiger charge is -2.31. The van der Waals surface area contributed by atoms with Crippen molar-refractivity contribution in [3.05, 3.63) is 48.5 Å². The monoisotopic (exact) mass is 425 g/mol. The van der Waals surface area contributed by atoms with Crippen LogP contribution in [0.5, 0.6) is 0 Å². The summed E-state index contributed by atoms with van der Waals surface area (Å²) in [5, 5.41) is 0. The molecule has 10 heteroatoms. The molecule has 0 unspecified atom stereocenters. The summed E-state index contributed by atoms with van der Waals surface area (Å²) in [6.45, 7) is 2.20. The third-order valence-corrected chi connectivity index (χ3v) is 7.59. The quantitative estimate of drug-likeness (QED) is 0.755. The molecule has 1 aliphatic heterocycles. The van der Waals surface area contributed by atoms with Gasteiger partial charge in [-0.15, -0.1) is 0 Å². The van der Waals surface area contributed by atoms with Gasteiger partial charge in [-0.3, -0.25) is 4.72 Å². The van der Waals surface area contributed by atoms with Crippen molar-refractivity contribution in [3.63, 3.8) is 0 Å². The van der Waals surface area contributed by atoms with E-state index in [2.05, 4.69) is 4.72 Å². The van der Waals surface area contributed by atoms with Gasteiger partial charge >= 0.3 is 0 Å². The Labute approximate surface area is 165 Å². The van der Waals surface area contributed by atoms with Crippen molar-refractivity contribution in [3.8, 4) is 0 Å². The number of hydrogen-bond donors (Lipinski definition) is 1. The number of morpholine rings is 1. The van der Waals surface area contributed by atoms with Crippen LogP contribution in [-0.2, 0) is 24.8 Å². The van der Waals surface area contributed by atoms with E-state index in [4.69, 9.17) is 4.74 Å². The molecular formula is C18H23N3O5S2. The highest BCUT2D eigenvalue weighted by Gasteiger charge is 2.24. The molecule has 0 aromatic heterocycles. The van der Waals surface area contributed by atoms with Crippen molar-refractivity contribution in [1.82, 2.24) is 4.31 Å². The fraction of sp³-hybridized carbons (Fsp3) is 0.333. The minimum Gasteiger partial charge on any atom is -0.378 e. The van der Waals surface area contributed by atoms with Crippen LogP contribution in [0, 0.1) is 0 Å². The summed E-state index contributed by atoms with van der Waals surface area (Å²) >= 11 is 0. The van der Waals surface area contributed by atoms with E-state index in [1.54, 1.807) is 24.3 Å². The second-order valence-electron chi connectivity index (χ2n) is 6.48. The number of nitrogens with one attached hydrogen (secondary N) is 1. The zero-order valence-electron chi connectivity index (χ0n) is 15.7. The fourth-order valence-corrected chi connectivity index (χ4v) is 4.87. The normalized spacial score (nSPS) is 15.6. The molecule has 152 valence electrons. The Bertz CT molecular complexity index is 1030. The largest absolute Gasteiger partial charge is 0.378 e. The summed E-state index contributed by atoms with van der Waals surface area (Å²) in [4.78, 5) is 2.09. The van der Waals surface area contributed by atoms with Gasteiger partial charge in [0.2, 0.25) is 10.0 Å². The van der Waals surface area contributed by atoms with Crippen LogP contribution < -0.4 is 9.62 Å². The summed E-state index contributed by atoms with van der Waals surface area (Å²) in [5.74, 6) is 0. The zero-order chi connectivity index (χ0) is 20.4. The van der Waals surface area contributed by atoms with Crippen molar-refractivity contribution in [1.29, 1.82) is 0 Å². The number of anilines is 2. The third kappa shape index (κ3) is 4.30. The van der Waals surface area contributed by atoms with E-state index in [1.807, 2.05) is 4.90 Å². The van der Waals surface area contributed by atoms with Crippen molar-refractivity contribution >= 4 is 31.4 Å². The van der Waals surface area contributed by atoms with Gasteiger partial charge in [0.1, 0.15) is 0 Å². The molecule has 1 saturated heterocycles. The highest BCUT2D eigenvalue weighted by molar-refractivity contribution is 7.92. The highest BCUT2D eigenvalue weighted by atomic mass is 32.2. The molecule has 1 fully saturated rings. The molecule has 8 nitrogen and oxygen atoms in total. The van der Waals surface area contributed by atoms with Crippen LogP contribution in [0.1, 0.15) is 0 Å². The molecule has 0 atom stereocenters. The molecule has 0 saturated carbocycles. The van der Waals surface area contributed by atoms with Crippen LogP contribution in [0.4, 0.5) is 11.4 Å². The Morgan fingerprint density at radius 3 is 2.18 bits per heavy atom. The molecule has 3 rings (SSSR count). The van der Waals surface area contributed by atoms with Gasteiger partial charge in [0.15, 0.2) is 0 Å². The molecule has 28 heavy (non-hydrogen) atoms. The Morgan fingerprint density at radius 2 is 1.57 bits per heavy atom. The number of hydrogen-bond acceptors (Lipinski definition) is 6. The van der Waals surface area contributed by atoms with Gasteiger partial charge in [-0.1, -0.05) is 18.2 Å². The number of rotatable bonds is 6. The maximum Gasteiger partial charge on any atom is 0.261 e. The van der Waals surface area contributed by atoms with Crippen molar-refractivity contribution in [2.24, 2.45) is 0 Å². The average molecular weight is 426 g/mol. The summed E-state index contributed by atoms with van der Waals surface area (Å²) in [7, 11) is -4.73. The van der Waals surface area contributed by atoms with Crippen molar-refractivity contribution in [2.45, 2.75) is 9.79 Å². The van der Waals surface area contributed by atoms with Gasteiger partial charge in [0.25, 0.3) is 10.0 Å². The van der Waals surface area contributed by atoms with Gasteiger partial charge in [0.05, 0.1) is 34.4 Å². The zero-order valence-corrected chi connectivity index (χ0v) is 17.3. The Kier molecular flexibility index (Phi) is 5.94. The average Bonchev–Trinajstić information content (AvgIpc) is 2.69. The Balaban J connectivity index is 2.07. The molecule has 1 heterocycles. The second-order valence-corrected chi connectivity index (χ2v) is 10.3. The Morgan fingerprint density at radius 1 is 0.929 bits per heavy atom. The number of nitrogens with zero attached hydrogens (tertiary/aromatic N) is 2. The van der Waals surface area contributed by atoms with Gasteiger partial charge in [-0.25, -0.2) is 21.1 Å². The van der Waals surface area contributed by atoms with E-state index < -0.39 is 20.0 Å². The van der Waals surface area contributed by atoms with Crippen LogP contribution in [0.25, 0.3) is 0 Å². The van der Waals surface area contributed by atoms with Crippen LogP contribution >= 0.6 is 0 Å². The molecule has 2 aromatic carbocycles. The number of sulfonamides is 2. The molecule has 0 radical (unpaired) electrons. The summed E-state index contributed by atoms with van der Waals surface area (Å²) < 4.78 is 59.7. The van der Waals surface area contributed by atoms with Gasteiger partial charge in [-0.05, 0) is 30.3 Å². The predicted molar refractivity (Wildman–Crippen MR) is 108 cm³/mol. The lowest BCUT2D eigenvalue weighted by molar-refractivity contribution is 0.123. The molecule has 0 amide bonds. The summed E-state index contributed by atoms with van der Waals surface area (Å²) in [5.41, 5.74) is 0.828. The van der Waals surface area contributed by atoms with E-state index in [9.17, 15) is 16.8 Å². The molecule has 0 spiro atoms. The second kappa shape index (κ2) is 8.08. The lowest BCUT2D eigenvalue weighted by Crippen LogP contribution is -2.37. The minimum atomic E-state index is -3.87. The van der Waals surface area contributed by atoms with E-state index >= 15 is 0 Å². The molecular weight excluding hydrogens is 402 g/mol.